The summed E-state index contributed by atoms with van der Waals surface area (Å²) in [7, 11) is 1.98. The van der Waals surface area contributed by atoms with E-state index in [1.807, 2.05) is 63.4 Å². The van der Waals surface area contributed by atoms with E-state index in [1.165, 1.54) is 4.70 Å². The molecule has 0 spiro atoms. The number of nitrogens with one attached hydrogen (secondary N) is 1. The van der Waals surface area contributed by atoms with Crippen LogP contribution in [0.25, 0.3) is 21.1 Å². The molecule has 2 aromatic heterocycles. The van der Waals surface area contributed by atoms with Crippen molar-refractivity contribution in [2.24, 2.45) is 0 Å². The maximum absolute atomic E-state index is 13.2. The van der Waals surface area contributed by atoms with Crippen molar-refractivity contribution in [3.63, 3.8) is 0 Å². The van der Waals surface area contributed by atoms with E-state index in [0.29, 0.717) is 6.54 Å². The molecule has 0 bridgehead atoms. The molecule has 4 aromatic rings. The minimum absolute atomic E-state index is 0.142. The number of likely N-dealkylation sites (N-methyl/N-ethyl adjacent to an activating group) is 1. The predicted molar refractivity (Wildman–Crippen MR) is 108 cm³/mol. The number of nitrogens with zero attached hydrogens (tertiary/aromatic N) is 2. The van der Waals surface area contributed by atoms with Crippen LogP contribution >= 0.6 is 11.3 Å². The number of ketones is 1. The number of carbonyl (C=O) groups excluding carboxylic acids is 1. The van der Waals surface area contributed by atoms with Crippen LogP contribution in [-0.4, -0.2) is 33.7 Å². The second-order valence-corrected chi connectivity index (χ2v) is 7.82. The van der Waals surface area contributed by atoms with E-state index >= 15 is 0 Å². The summed E-state index contributed by atoms with van der Waals surface area (Å²) in [5, 5.41) is 2.03. The zero-order valence-electron chi connectivity index (χ0n) is 15.1. The molecular weight excluding hydrogens is 342 g/mol. The van der Waals surface area contributed by atoms with Gasteiger partial charge in [0.05, 0.1) is 22.8 Å². The Morgan fingerprint density at radius 3 is 2.73 bits per heavy atom. The zero-order valence-corrected chi connectivity index (χ0v) is 15.9. The molecule has 0 unspecified atom stereocenters. The smallest absolute Gasteiger partial charge is 0.182 e. The number of H-pyrrole nitrogens is 1. The Morgan fingerprint density at radius 1 is 1.19 bits per heavy atom. The molecular formula is C21H21N3OS. The fourth-order valence-electron chi connectivity index (χ4n) is 3.34. The lowest BCUT2D eigenvalue weighted by Gasteiger charge is -2.22. The number of benzene rings is 2. The summed E-state index contributed by atoms with van der Waals surface area (Å²) < 4.78 is 1.18. The zero-order chi connectivity index (χ0) is 18.3. The van der Waals surface area contributed by atoms with Crippen molar-refractivity contribution in [2.75, 3.05) is 7.05 Å². The summed E-state index contributed by atoms with van der Waals surface area (Å²) in [6, 6.07) is 15.9. The summed E-state index contributed by atoms with van der Waals surface area (Å²) in [5.74, 6) is 0.142. The van der Waals surface area contributed by atoms with Gasteiger partial charge in [0.1, 0.15) is 5.01 Å². The van der Waals surface area contributed by atoms with E-state index in [2.05, 4.69) is 20.9 Å². The molecule has 4 rings (SSSR count). The standard InChI is InChI=1S/C21H21N3OS/c1-13-20(15-8-4-5-9-16(15)22-13)21(25)14(2)24(3)12-19-23-17-10-6-7-11-18(17)26-19/h4-11,14,22H,12H2,1-3H3/t14-/m1/s1. The SMILES string of the molecule is Cc1[nH]c2ccccc2c1C(=O)[C@@H](C)N(C)Cc1nc2ccccc2s1. The molecule has 0 aliphatic carbocycles. The number of hydrogen-bond donors (Lipinski definition) is 1. The van der Waals surface area contributed by atoms with Crippen LogP contribution in [-0.2, 0) is 6.54 Å². The number of para-hydroxylation sites is 2. The normalized spacial score (nSPS) is 12.9. The summed E-state index contributed by atoms with van der Waals surface area (Å²) >= 11 is 1.69. The van der Waals surface area contributed by atoms with Crippen molar-refractivity contribution in [1.82, 2.24) is 14.9 Å². The largest absolute Gasteiger partial charge is 0.358 e. The van der Waals surface area contributed by atoms with Crippen LogP contribution in [0.2, 0.25) is 0 Å². The third kappa shape index (κ3) is 2.93. The minimum atomic E-state index is -0.222. The quantitative estimate of drug-likeness (QED) is 0.519. The van der Waals surface area contributed by atoms with E-state index in [4.69, 9.17) is 0 Å². The Bertz CT molecular complexity index is 1060. The maximum Gasteiger partial charge on any atom is 0.182 e. The van der Waals surface area contributed by atoms with Gasteiger partial charge in [-0.05, 0) is 39.1 Å². The number of thiazole rings is 1. The highest BCUT2D eigenvalue weighted by molar-refractivity contribution is 7.18. The number of fused-ring (bicyclic) bond motifs is 2. The summed E-state index contributed by atoms with van der Waals surface area (Å²) in [6.07, 6.45) is 0. The molecule has 2 heterocycles. The predicted octanol–water partition coefficient (Wildman–Crippen LogP) is 4.79. The number of aryl methyl sites for hydroxylation is 1. The molecule has 1 atom stereocenters. The maximum atomic E-state index is 13.2. The van der Waals surface area contributed by atoms with Gasteiger partial charge in [-0.2, -0.15) is 0 Å². The van der Waals surface area contributed by atoms with Gasteiger partial charge in [0.15, 0.2) is 5.78 Å². The molecule has 0 amide bonds. The lowest BCUT2D eigenvalue weighted by molar-refractivity contribution is 0.0863. The fourth-order valence-corrected chi connectivity index (χ4v) is 4.37. The van der Waals surface area contributed by atoms with Crippen LogP contribution in [0, 0.1) is 6.92 Å². The van der Waals surface area contributed by atoms with Gasteiger partial charge in [-0.15, -0.1) is 11.3 Å². The average molecular weight is 363 g/mol. The number of rotatable bonds is 5. The Labute approximate surface area is 156 Å². The van der Waals surface area contributed by atoms with Gasteiger partial charge in [0.25, 0.3) is 0 Å². The summed E-state index contributed by atoms with van der Waals surface area (Å²) in [4.78, 5) is 23.2. The first kappa shape index (κ1) is 16.9. The molecule has 4 nitrogen and oxygen atoms in total. The second-order valence-electron chi connectivity index (χ2n) is 6.70. The third-order valence-corrected chi connectivity index (χ3v) is 5.92. The van der Waals surface area contributed by atoms with Gasteiger partial charge in [-0.1, -0.05) is 30.3 Å². The Balaban J connectivity index is 1.58. The monoisotopic (exact) mass is 363 g/mol. The molecule has 1 N–H and O–H groups in total. The van der Waals surface area contributed by atoms with Crippen molar-refractivity contribution in [1.29, 1.82) is 0 Å². The molecule has 132 valence electrons. The van der Waals surface area contributed by atoms with E-state index in [-0.39, 0.29) is 11.8 Å². The third-order valence-electron chi connectivity index (χ3n) is 4.90. The van der Waals surface area contributed by atoms with Crippen molar-refractivity contribution in [3.8, 4) is 0 Å². The molecule has 0 saturated carbocycles. The van der Waals surface area contributed by atoms with Gasteiger partial charge in [0.2, 0.25) is 0 Å². The van der Waals surface area contributed by atoms with Gasteiger partial charge in [0, 0.05) is 22.2 Å². The molecule has 26 heavy (non-hydrogen) atoms. The Kier molecular flexibility index (Phi) is 4.34. The van der Waals surface area contributed by atoms with Crippen molar-refractivity contribution in [2.45, 2.75) is 26.4 Å². The van der Waals surface area contributed by atoms with Gasteiger partial charge >= 0.3 is 0 Å². The molecule has 0 aliphatic heterocycles. The van der Waals surface area contributed by atoms with Crippen LogP contribution < -0.4 is 0 Å². The number of carbonyl (C=O) groups is 1. The lowest BCUT2D eigenvalue weighted by atomic mass is 10.0. The number of Topliss-reactive ketones (excluding diaryl/α,β-unsaturated/α-hetero) is 1. The van der Waals surface area contributed by atoms with Crippen LogP contribution in [0.15, 0.2) is 48.5 Å². The van der Waals surface area contributed by atoms with E-state index < -0.39 is 0 Å². The van der Waals surface area contributed by atoms with E-state index in [9.17, 15) is 4.79 Å². The highest BCUT2D eigenvalue weighted by Gasteiger charge is 2.25. The lowest BCUT2D eigenvalue weighted by Crippen LogP contribution is -2.35. The summed E-state index contributed by atoms with van der Waals surface area (Å²) in [5.41, 5.74) is 3.75. The molecule has 0 aliphatic rings. The Morgan fingerprint density at radius 2 is 1.92 bits per heavy atom. The van der Waals surface area contributed by atoms with Gasteiger partial charge in [-0.3, -0.25) is 9.69 Å². The van der Waals surface area contributed by atoms with Gasteiger partial charge < -0.3 is 4.98 Å². The first-order chi connectivity index (χ1) is 12.5. The number of aromatic amines is 1. The summed E-state index contributed by atoms with van der Waals surface area (Å²) in [6.45, 7) is 4.60. The van der Waals surface area contributed by atoms with Gasteiger partial charge in [-0.25, -0.2) is 4.98 Å². The molecule has 0 saturated heterocycles. The first-order valence-electron chi connectivity index (χ1n) is 8.71. The molecule has 0 fully saturated rings. The van der Waals surface area contributed by atoms with Crippen molar-refractivity contribution in [3.05, 3.63) is 64.8 Å². The van der Waals surface area contributed by atoms with E-state index in [1.54, 1.807) is 11.3 Å². The highest BCUT2D eigenvalue weighted by Crippen LogP contribution is 2.26. The van der Waals surface area contributed by atoms with Crippen molar-refractivity contribution < 1.29 is 4.79 Å². The number of hydrogen-bond acceptors (Lipinski definition) is 4. The average Bonchev–Trinajstić information content (AvgIpc) is 3.19. The first-order valence-corrected chi connectivity index (χ1v) is 9.52. The topological polar surface area (TPSA) is 49.0 Å². The fraction of sp³-hybridized carbons (Fsp3) is 0.238. The molecule has 0 radical (unpaired) electrons. The van der Waals surface area contributed by atoms with Crippen LogP contribution in [0.3, 0.4) is 0 Å². The molecule has 5 heteroatoms. The van der Waals surface area contributed by atoms with Crippen LogP contribution in [0.1, 0.15) is 28.0 Å². The van der Waals surface area contributed by atoms with Crippen molar-refractivity contribution >= 4 is 38.2 Å². The van der Waals surface area contributed by atoms with Crippen LogP contribution in [0.4, 0.5) is 0 Å². The second kappa shape index (κ2) is 6.67. The highest BCUT2D eigenvalue weighted by atomic mass is 32.1. The number of aromatic nitrogens is 2. The van der Waals surface area contributed by atoms with E-state index in [0.717, 1.165) is 32.7 Å². The van der Waals surface area contributed by atoms with Crippen LogP contribution in [0.5, 0.6) is 0 Å². The minimum Gasteiger partial charge on any atom is -0.358 e. The molecule has 2 aromatic carbocycles. The Hall–Kier alpha value is -2.50.